The zero-order valence-electron chi connectivity index (χ0n) is 13.8. The number of benzene rings is 2. The number of carbonyl (C=O) groups is 1. The second-order valence-corrected chi connectivity index (χ2v) is 6.35. The molecule has 0 radical (unpaired) electrons. The van der Waals surface area contributed by atoms with E-state index < -0.39 is 6.10 Å². The molecule has 0 bridgehead atoms. The number of ketones is 1. The number of rotatable bonds is 7. The summed E-state index contributed by atoms with van der Waals surface area (Å²) in [6.45, 7) is 3.32. The van der Waals surface area contributed by atoms with Crippen molar-refractivity contribution in [2.45, 2.75) is 18.9 Å². The predicted octanol–water partition coefficient (Wildman–Crippen LogP) is 1.34. The molecule has 1 aliphatic heterocycles. The van der Waals surface area contributed by atoms with Crippen LogP contribution in [0.15, 0.2) is 54.6 Å². The topological polar surface area (TPSA) is 51.0 Å². The third-order valence-electron chi connectivity index (χ3n) is 4.43. The van der Waals surface area contributed by atoms with Gasteiger partial charge >= 0.3 is 0 Å². The van der Waals surface area contributed by atoms with E-state index in [4.69, 9.17) is 4.74 Å². The minimum Gasteiger partial charge on any atom is -0.491 e. The molecule has 2 aromatic rings. The third kappa shape index (κ3) is 4.43. The summed E-state index contributed by atoms with van der Waals surface area (Å²) < 4.78 is 5.64. The van der Waals surface area contributed by atoms with E-state index in [9.17, 15) is 9.90 Å². The number of ether oxygens (including phenoxy) is 1. The van der Waals surface area contributed by atoms with Crippen molar-refractivity contribution < 1.29 is 19.5 Å². The lowest BCUT2D eigenvalue weighted by molar-refractivity contribution is -0.890. The number of likely N-dealkylation sites (tertiary alicyclic amines) is 1. The molecule has 1 saturated heterocycles. The lowest BCUT2D eigenvalue weighted by Gasteiger charge is -2.17. The number of hydrogen-bond donors (Lipinski definition) is 2. The van der Waals surface area contributed by atoms with Gasteiger partial charge in [0.15, 0.2) is 5.78 Å². The van der Waals surface area contributed by atoms with Crippen molar-refractivity contribution in [3.05, 3.63) is 65.7 Å². The number of aliphatic hydroxyl groups is 1. The van der Waals surface area contributed by atoms with Gasteiger partial charge in [0.1, 0.15) is 25.0 Å². The van der Waals surface area contributed by atoms with Crippen LogP contribution in [0.5, 0.6) is 5.75 Å². The summed E-state index contributed by atoms with van der Waals surface area (Å²) in [6, 6.07) is 16.3. The SMILES string of the molecule is O=C(c1ccccc1)c1ccc(OC[C@H](O)C[NH+]2CCCC2)cc1. The van der Waals surface area contributed by atoms with Gasteiger partial charge in [0.05, 0.1) is 13.1 Å². The molecule has 0 aromatic heterocycles. The van der Waals surface area contributed by atoms with E-state index in [1.54, 1.807) is 24.3 Å². The maximum Gasteiger partial charge on any atom is 0.193 e. The molecule has 4 nitrogen and oxygen atoms in total. The molecule has 1 atom stereocenters. The highest BCUT2D eigenvalue weighted by Gasteiger charge is 2.19. The van der Waals surface area contributed by atoms with Crippen molar-refractivity contribution in [3.63, 3.8) is 0 Å². The first-order valence-corrected chi connectivity index (χ1v) is 8.56. The molecule has 2 N–H and O–H groups in total. The number of quaternary nitrogens is 1. The summed E-state index contributed by atoms with van der Waals surface area (Å²) in [7, 11) is 0. The van der Waals surface area contributed by atoms with Crippen LogP contribution in [0, 0.1) is 0 Å². The molecular weight excluding hydrogens is 302 g/mol. The quantitative estimate of drug-likeness (QED) is 0.755. The molecule has 1 aliphatic rings. The van der Waals surface area contributed by atoms with Gasteiger partial charge in [-0.15, -0.1) is 0 Å². The summed E-state index contributed by atoms with van der Waals surface area (Å²) >= 11 is 0. The molecule has 126 valence electrons. The monoisotopic (exact) mass is 326 g/mol. The van der Waals surface area contributed by atoms with Crippen molar-refractivity contribution >= 4 is 5.78 Å². The predicted molar refractivity (Wildman–Crippen MR) is 92.6 cm³/mol. The van der Waals surface area contributed by atoms with E-state index in [0.717, 1.165) is 19.6 Å². The zero-order valence-corrected chi connectivity index (χ0v) is 13.8. The van der Waals surface area contributed by atoms with E-state index in [2.05, 4.69) is 0 Å². The largest absolute Gasteiger partial charge is 0.491 e. The summed E-state index contributed by atoms with van der Waals surface area (Å²) in [6.07, 6.45) is 2.04. The summed E-state index contributed by atoms with van der Waals surface area (Å²) in [5.74, 6) is 0.676. The molecule has 0 spiro atoms. The van der Waals surface area contributed by atoms with Crippen LogP contribution in [-0.4, -0.2) is 43.2 Å². The number of aliphatic hydroxyl groups excluding tert-OH is 1. The van der Waals surface area contributed by atoms with Crippen LogP contribution in [0.3, 0.4) is 0 Å². The molecule has 0 amide bonds. The van der Waals surface area contributed by atoms with E-state index in [1.807, 2.05) is 30.3 Å². The Balaban J connectivity index is 1.52. The fourth-order valence-electron chi connectivity index (χ4n) is 3.12. The number of nitrogens with one attached hydrogen (secondary N) is 1. The van der Waals surface area contributed by atoms with E-state index in [-0.39, 0.29) is 12.4 Å². The van der Waals surface area contributed by atoms with Crippen LogP contribution in [0.1, 0.15) is 28.8 Å². The second kappa shape index (κ2) is 8.08. The third-order valence-corrected chi connectivity index (χ3v) is 4.43. The van der Waals surface area contributed by atoms with Crippen LogP contribution in [0.2, 0.25) is 0 Å². The molecule has 2 aromatic carbocycles. The molecule has 0 unspecified atom stereocenters. The molecule has 1 fully saturated rings. The average molecular weight is 326 g/mol. The maximum absolute atomic E-state index is 12.3. The van der Waals surface area contributed by atoms with Gasteiger partial charge in [-0.05, 0) is 24.3 Å². The Labute approximate surface area is 142 Å². The smallest absolute Gasteiger partial charge is 0.193 e. The van der Waals surface area contributed by atoms with Gasteiger partial charge in [0.25, 0.3) is 0 Å². The molecule has 0 saturated carbocycles. The van der Waals surface area contributed by atoms with Crippen molar-refractivity contribution in [1.29, 1.82) is 0 Å². The lowest BCUT2D eigenvalue weighted by atomic mass is 10.0. The van der Waals surface area contributed by atoms with Crippen molar-refractivity contribution in [2.24, 2.45) is 0 Å². The molecule has 24 heavy (non-hydrogen) atoms. The first kappa shape index (κ1) is 16.7. The molecule has 3 rings (SSSR count). The van der Waals surface area contributed by atoms with Crippen LogP contribution in [0.4, 0.5) is 0 Å². The standard InChI is InChI=1S/C20H23NO3/c22-18(14-21-12-4-5-13-21)15-24-19-10-8-17(9-11-19)20(23)16-6-2-1-3-7-16/h1-3,6-11,18,22H,4-5,12-15H2/p+1/t18-/m1/s1. The van der Waals surface area contributed by atoms with Gasteiger partial charge in [0, 0.05) is 24.0 Å². The highest BCUT2D eigenvalue weighted by molar-refractivity contribution is 6.08. The van der Waals surface area contributed by atoms with Crippen molar-refractivity contribution in [2.75, 3.05) is 26.2 Å². The number of carbonyl (C=O) groups excluding carboxylic acids is 1. The summed E-state index contributed by atoms with van der Waals surface area (Å²) in [5, 5.41) is 10.1. The minimum atomic E-state index is -0.455. The fraction of sp³-hybridized carbons (Fsp3) is 0.350. The summed E-state index contributed by atoms with van der Waals surface area (Å²) in [4.78, 5) is 13.8. The fourth-order valence-corrected chi connectivity index (χ4v) is 3.12. The Hall–Kier alpha value is -2.17. The van der Waals surface area contributed by atoms with Gasteiger partial charge in [-0.1, -0.05) is 30.3 Å². The first-order valence-electron chi connectivity index (χ1n) is 8.56. The Kier molecular flexibility index (Phi) is 5.62. The number of hydrogen-bond acceptors (Lipinski definition) is 3. The first-order chi connectivity index (χ1) is 11.7. The molecular formula is C20H24NO3+. The lowest BCUT2D eigenvalue weighted by Crippen LogP contribution is -3.11. The maximum atomic E-state index is 12.3. The van der Waals surface area contributed by atoms with Crippen molar-refractivity contribution in [3.8, 4) is 5.75 Å². The molecule has 1 heterocycles. The Morgan fingerprint density at radius 1 is 1.00 bits per heavy atom. The summed E-state index contributed by atoms with van der Waals surface area (Å²) in [5.41, 5.74) is 1.31. The van der Waals surface area contributed by atoms with E-state index in [1.165, 1.54) is 17.7 Å². The molecule has 4 heteroatoms. The van der Waals surface area contributed by atoms with Crippen LogP contribution >= 0.6 is 0 Å². The average Bonchev–Trinajstić information content (AvgIpc) is 3.13. The van der Waals surface area contributed by atoms with Gasteiger partial charge in [-0.3, -0.25) is 4.79 Å². The van der Waals surface area contributed by atoms with Gasteiger partial charge in [-0.2, -0.15) is 0 Å². The normalized spacial score (nSPS) is 16.0. The Morgan fingerprint density at radius 3 is 2.29 bits per heavy atom. The highest BCUT2D eigenvalue weighted by Crippen LogP contribution is 2.15. The highest BCUT2D eigenvalue weighted by atomic mass is 16.5. The molecule has 0 aliphatic carbocycles. The Bertz CT molecular complexity index is 648. The second-order valence-electron chi connectivity index (χ2n) is 6.35. The Morgan fingerprint density at radius 2 is 1.62 bits per heavy atom. The van der Waals surface area contributed by atoms with Gasteiger partial charge in [0.2, 0.25) is 0 Å². The van der Waals surface area contributed by atoms with Crippen LogP contribution in [0.25, 0.3) is 0 Å². The van der Waals surface area contributed by atoms with Crippen molar-refractivity contribution in [1.82, 2.24) is 0 Å². The minimum absolute atomic E-state index is 0.000168. The van der Waals surface area contributed by atoms with E-state index in [0.29, 0.717) is 16.9 Å². The van der Waals surface area contributed by atoms with E-state index >= 15 is 0 Å². The van der Waals surface area contributed by atoms with Gasteiger partial charge < -0.3 is 14.7 Å². The zero-order chi connectivity index (χ0) is 16.8. The van der Waals surface area contributed by atoms with Gasteiger partial charge in [-0.25, -0.2) is 0 Å². The van der Waals surface area contributed by atoms with Crippen LogP contribution < -0.4 is 9.64 Å². The van der Waals surface area contributed by atoms with Crippen LogP contribution in [-0.2, 0) is 0 Å².